The second kappa shape index (κ2) is 9.96. The zero-order valence-electron chi connectivity index (χ0n) is 19.4. The van der Waals surface area contributed by atoms with Crippen LogP contribution in [0.25, 0.3) is 22.3 Å². The summed E-state index contributed by atoms with van der Waals surface area (Å²) in [5, 5.41) is 10.4. The summed E-state index contributed by atoms with van der Waals surface area (Å²) in [5.74, 6) is 0.745. The van der Waals surface area contributed by atoms with Crippen LogP contribution in [-0.4, -0.2) is 19.6 Å². The third kappa shape index (κ3) is 4.96. The molecule has 4 aromatic rings. The Morgan fingerprint density at radius 2 is 1.20 bits per heavy atom. The van der Waals surface area contributed by atoms with Crippen molar-refractivity contribution in [2.24, 2.45) is 0 Å². The number of rotatable bonds is 6. The predicted molar refractivity (Wildman–Crippen MR) is 138 cm³/mol. The molecule has 0 atom stereocenters. The minimum absolute atomic E-state index is 0.0383. The van der Waals surface area contributed by atoms with E-state index in [4.69, 9.17) is 4.74 Å². The lowest BCUT2D eigenvalue weighted by atomic mass is 9.97. The molecule has 0 radical (unpaired) electrons. The highest BCUT2D eigenvalue weighted by Crippen LogP contribution is 2.38. The number of sulfone groups is 1. The van der Waals surface area contributed by atoms with E-state index >= 15 is 0 Å². The van der Waals surface area contributed by atoms with E-state index < -0.39 is 9.84 Å². The minimum Gasteiger partial charge on any atom is -0.507 e. The Kier molecular flexibility index (Phi) is 6.60. The summed E-state index contributed by atoms with van der Waals surface area (Å²) in [4.78, 5) is 0.325. The fourth-order valence-corrected chi connectivity index (χ4v) is 5.96. The van der Waals surface area contributed by atoms with Crippen molar-refractivity contribution in [1.82, 2.24) is 0 Å². The Labute approximate surface area is 206 Å². The topological polar surface area (TPSA) is 63.6 Å². The van der Waals surface area contributed by atoms with Gasteiger partial charge in [-0.1, -0.05) is 67.1 Å². The van der Waals surface area contributed by atoms with Gasteiger partial charge in [0.15, 0.2) is 0 Å². The summed E-state index contributed by atoms with van der Waals surface area (Å²) in [6, 6.07) is 28.5. The highest BCUT2D eigenvalue weighted by atomic mass is 32.2. The first-order valence-electron chi connectivity index (χ1n) is 12.0. The van der Waals surface area contributed by atoms with Crippen molar-refractivity contribution in [3.05, 3.63) is 97.1 Å². The predicted octanol–water partition coefficient (Wildman–Crippen LogP) is 7.27. The maximum Gasteiger partial charge on any atom is 0.206 e. The molecule has 5 heteroatoms. The van der Waals surface area contributed by atoms with Crippen LogP contribution in [0.2, 0.25) is 0 Å². The molecule has 0 amide bonds. The maximum atomic E-state index is 13.7. The van der Waals surface area contributed by atoms with E-state index in [2.05, 4.69) is 0 Å². The summed E-state index contributed by atoms with van der Waals surface area (Å²) in [5.41, 5.74) is 2.90. The van der Waals surface area contributed by atoms with E-state index in [0.29, 0.717) is 11.3 Å². The van der Waals surface area contributed by atoms with Gasteiger partial charge in [-0.2, -0.15) is 0 Å². The molecule has 1 N–H and O–H groups in total. The van der Waals surface area contributed by atoms with E-state index in [9.17, 15) is 13.5 Å². The van der Waals surface area contributed by atoms with E-state index in [1.807, 2.05) is 60.7 Å². The van der Waals surface area contributed by atoms with Gasteiger partial charge in [-0.05, 0) is 73.2 Å². The summed E-state index contributed by atoms with van der Waals surface area (Å²) in [6.07, 6.45) is 5.73. The van der Waals surface area contributed by atoms with Crippen LogP contribution in [0.3, 0.4) is 0 Å². The van der Waals surface area contributed by atoms with Crippen LogP contribution in [0.4, 0.5) is 0 Å². The molecule has 35 heavy (non-hydrogen) atoms. The number of phenolic OH excluding ortho intramolecular Hbond substituents is 1. The van der Waals surface area contributed by atoms with Crippen molar-refractivity contribution in [2.75, 3.05) is 0 Å². The molecule has 1 saturated carbocycles. The zero-order valence-corrected chi connectivity index (χ0v) is 20.2. The van der Waals surface area contributed by atoms with Crippen LogP contribution in [0.15, 0.2) is 107 Å². The quantitative estimate of drug-likeness (QED) is 0.313. The van der Waals surface area contributed by atoms with Crippen LogP contribution in [-0.2, 0) is 9.84 Å². The molecule has 4 aromatic carbocycles. The van der Waals surface area contributed by atoms with Crippen molar-refractivity contribution in [3.8, 4) is 33.8 Å². The Morgan fingerprint density at radius 1 is 0.657 bits per heavy atom. The molecule has 0 saturated heterocycles. The SMILES string of the molecule is O=S(=O)(c1ccc(O)c(-c2ccccc2)c1)c1ccc(OC2CCCCC2)c(-c2ccccc2)c1. The van der Waals surface area contributed by atoms with E-state index in [1.54, 1.807) is 18.2 Å². The Hall–Kier alpha value is -3.57. The molecule has 0 heterocycles. The van der Waals surface area contributed by atoms with E-state index in [-0.39, 0.29) is 21.6 Å². The Bertz CT molecular complexity index is 1410. The highest BCUT2D eigenvalue weighted by molar-refractivity contribution is 7.91. The fourth-order valence-electron chi connectivity index (χ4n) is 4.65. The second-order valence-corrected chi connectivity index (χ2v) is 10.9. The molecule has 0 bridgehead atoms. The molecule has 0 spiro atoms. The first-order valence-corrected chi connectivity index (χ1v) is 13.5. The molecule has 5 rings (SSSR count). The zero-order chi connectivity index (χ0) is 24.3. The summed E-state index contributed by atoms with van der Waals surface area (Å²) in [6.45, 7) is 0. The lowest BCUT2D eigenvalue weighted by molar-refractivity contribution is 0.155. The number of hydrogen-bond donors (Lipinski definition) is 1. The summed E-state index contributed by atoms with van der Waals surface area (Å²) >= 11 is 0. The molecule has 1 fully saturated rings. The molecule has 178 valence electrons. The number of phenols is 1. The van der Waals surface area contributed by atoms with Gasteiger partial charge in [-0.15, -0.1) is 0 Å². The summed E-state index contributed by atoms with van der Waals surface area (Å²) < 4.78 is 33.8. The Morgan fingerprint density at radius 3 is 1.83 bits per heavy atom. The smallest absolute Gasteiger partial charge is 0.206 e. The van der Waals surface area contributed by atoms with Crippen LogP contribution in [0, 0.1) is 0 Å². The van der Waals surface area contributed by atoms with Crippen LogP contribution in [0.1, 0.15) is 32.1 Å². The third-order valence-corrected chi connectivity index (χ3v) is 8.30. The number of ether oxygens (including phenoxy) is 1. The molecule has 1 aliphatic rings. The first-order chi connectivity index (χ1) is 17.0. The fraction of sp³-hybridized carbons (Fsp3) is 0.200. The van der Waals surface area contributed by atoms with Gasteiger partial charge in [0.2, 0.25) is 9.84 Å². The monoisotopic (exact) mass is 484 g/mol. The summed E-state index contributed by atoms with van der Waals surface area (Å²) in [7, 11) is -3.83. The van der Waals surface area contributed by atoms with Crippen molar-refractivity contribution in [2.45, 2.75) is 48.0 Å². The molecule has 0 unspecified atom stereocenters. The minimum atomic E-state index is -3.83. The van der Waals surface area contributed by atoms with Crippen molar-refractivity contribution in [1.29, 1.82) is 0 Å². The van der Waals surface area contributed by atoms with Gasteiger partial charge in [-0.3, -0.25) is 0 Å². The van der Waals surface area contributed by atoms with Crippen molar-refractivity contribution >= 4 is 9.84 Å². The van der Waals surface area contributed by atoms with Gasteiger partial charge >= 0.3 is 0 Å². The number of benzene rings is 4. The average molecular weight is 485 g/mol. The van der Waals surface area contributed by atoms with E-state index in [0.717, 1.165) is 42.4 Å². The Balaban J connectivity index is 1.56. The molecule has 0 aliphatic heterocycles. The van der Waals surface area contributed by atoms with Crippen molar-refractivity contribution < 1.29 is 18.3 Å². The maximum absolute atomic E-state index is 13.7. The second-order valence-electron chi connectivity index (χ2n) is 8.95. The lowest BCUT2D eigenvalue weighted by Crippen LogP contribution is -2.20. The normalized spacial score (nSPS) is 14.5. The van der Waals surface area contributed by atoms with Crippen LogP contribution < -0.4 is 4.74 Å². The van der Waals surface area contributed by atoms with Gasteiger partial charge in [0.05, 0.1) is 15.9 Å². The standard InChI is InChI=1S/C30H28O4S/c31-29-18-16-25(20-27(29)22-10-4-1-5-11-22)35(32,33)26-17-19-30(34-24-14-8-3-9-15-24)28(21-26)23-12-6-2-7-13-23/h1-2,4-7,10-13,16-21,24,31H,3,8-9,14-15H2. The van der Waals surface area contributed by atoms with Gasteiger partial charge in [0.1, 0.15) is 11.5 Å². The molecule has 4 nitrogen and oxygen atoms in total. The van der Waals surface area contributed by atoms with Gasteiger partial charge in [0.25, 0.3) is 0 Å². The van der Waals surface area contributed by atoms with Crippen LogP contribution >= 0.6 is 0 Å². The van der Waals surface area contributed by atoms with E-state index in [1.165, 1.54) is 24.6 Å². The average Bonchev–Trinajstić information content (AvgIpc) is 2.90. The lowest BCUT2D eigenvalue weighted by Gasteiger charge is -2.24. The van der Waals surface area contributed by atoms with Crippen LogP contribution in [0.5, 0.6) is 11.5 Å². The largest absolute Gasteiger partial charge is 0.507 e. The third-order valence-electron chi connectivity index (χ3n) is 6.56. The molecular weight excluding hydrogens is 456 g/mol. The molecule has 1 aliphatic carbocycles. The van der Waals surface area contributed by atoms with Gasteiger partial charge in [-0.25, -0.2) is 8.42 Å². The molecule has 0 aromatic heterocycles. The molecular formula is C30H28O4S. The first kappa shape index (κ1) is 23.2. The number of aromatic hydroxyl groups is 1. The number of hydrogen-bond acceptors (Lipinski definition) is 4. The van der Waals surface area contributed by atoms with Crippen molar-refractivity contribution in [3.63, 3.8) is 0 Å². The highest BCUT2D eigenvalue weighted by Gasteiger charge is 2.23. The van der Waals surface area contributed by atoms with Gasteiger partial charge in [0, 0.05) is 11.1 Å². The van der Waals surface area contributed by atoms with Gasteiger partial charge < -0.3 is 9.84 Å².